The van der Waals surface area contributed by atoms with Crippen molar-refractivity contribution in [3.8, 4) is 17.2 Å². The summed E-state index contributed by atoms with van der Waals surface area (Å²) in [4.78, 5) is 0. The maximum Gasteiger partial charge on any atom is 0.250 e. The van der Waals surface area contributed by atoms with Gasteiger partial charge < -0.3 is 14.5 Å². The fourth-order valence-corrected chi connectivity index (χ4v) is 1.89. The smallest absolute Gasteiger partial charge is 0.250 e. The Hall–Kier alpha value is -1.95. The van der Waals surface area contributed by atoms with Crippen LogP contribution in [-0.4, -0.2) is 29.9 Å². The first-order chi connectivity index (χ1) is 10.1. The van der Waals surface area contributed by atoms with Crippen molar-refractivity contribution in [2.45, 2.75) is 32.7 Å². The molecule has 0 fully saturated rings. The van der Waals surface area contributed by atoms with E-state index in [4.69, 9.17) is 9.15 Å². The van der Waals surface area contributed by atoms with Gasteiger partial charge >= 0.3 is 0 Å². The van der Waals surface area contributed by atoms with Crippen LogP contribution in [0.3, 0.4) is 0 Å². The highest BCUT2D eigenvalue weighted by atomic mass is 19.1. The Bertz CT molecular complexity index is 584. The average molecular weight is 293 g/mol. The number of aryl methyl sites for hydroxylation is 1. The second-order valence-electron chi connectivity index (χ2n) is 5.06. The van der Waals surface area contributed by atoms with Crippen LogP contribution in [0.4, 0.5) is 4.39 Å². The van der Waals surface area contributed by atoms with Crippen molar-refractivity contribution in [1.82, 2.24) is 15.5 Å². The third-order valence-electron chi connectivity index (χ3n) is 2.99. The molecule has 0 saturated heterocycles. The molecular formula is C15H20FN3O2. The third-order valence-corrected chi connectivity index (χ3v) is 2.99. The maximum absolute atomic E-state index is 13.9. The zero-order chi connectivity index (χ0) is 15.2. The summed E-state index contributed by atoms with van der Waals surface area (Å²) in [7, 11) is 1.49. The first kappa shape index (κ1) is 15.4. The Balaban J connectivity index is 1.99. The van der Waals surface area contributed by atoms with Crippen LogP contribution in [0.15, 0.2) is 22.6 Å². The standard InChI is InChI=1S/C15H20FN3O2/c1-10(2)17-8-4-5-14-18-19-15(21-14)12-7-6-11(20-3)9-13(12)16/h6-7,9-10,17H,4-5,8H2,1-3H3. The highest BCUT2D eigenvalue weighted by Gasteiger charge is 2.13. The van der Waals surface area contributed by atoms with E-state index in [0.717, 1.165) is 13.0 Å². The van der Waals surface area contributed by atoms with E-state index in [-0.39, 0.29) is 11.5 Å². The molecule has 0 aliphatic carbocycles. The fourth-order valence-electron chi connectivity index (χ4n) is 1.89. The van der Waals surface area contributed by atoms with Crippen molar-refractivity contribution in [2.24, 2.45) is 0 Å². The minimum atomic E-state index is -0.439. The van der Waals surface area contributed by atoms with E-state index in [1.807, 2.05) is 0 Å². The number of hydrogen-bond acceptors (Lipinski definition) is 5. The summed E-state index contributed by atoms with van der Waals surface area (Å²) in [5.74, 6) is 0.731. The lowest BCUT2D eigenvalue weighted by Crippen LogP contribution is -2.23. The Labute approximate surface area is 123 Å². The third kappa shape index (κ3) is 4.26. The van der Waals surface area contributed by atoms with E-state index in [0.29, 0.717) is 24.1 Å². The predicted octanol–water partition coefficient (Wildman–Crippen LogP) is 2.81. The number of nitrogens with zero attached hydrogens (tertiary/aromatic N) is 2. The van der Waals surface area contributed by atoms with Gasteiger partial charge in [0.1, 0.15) is 11.6 Å². The normalized spacial score (nSPS) is 11.1. The van der Waals surface area contributed by atoms with Crippen molar-refractivity contribution in [3.05, 3.63) is 29.9 Å². The SMILES string of the molecule is COc1ccc(-c2nnc(CCCNC(C)C)o2)c(F)c1. The second kappa shape index (κ2) is 7.17. The largest absolute Gasteiger partial charge is 0.497 e. The summed E-state index contributed by atoms with van der Waals surface area (Å²) in [5, 5.41) is 11.2. The lowest BCUT2D eigenvalue weighted by molar-refractivity contribution is 0.411. The Kier molecular flexibility index (Phi) is 5.27. The topological polar surface area (TPSA) is 60.2 Å². The van der Waals surface area contributed by atoms with Gasteiger partial charge in [-0.15, -0.1) is 10.2 Å². The highest BCUT2D eigenvalue weighted by Crippen LogP contribution is 2.25. The maximum atomic E-state index is 13.9. The molecule has 1 heterocycles. The predicted molar refractivity (Wildman–Crippen MR) is 77.7 cm³/mol. The molecule has 6 heteroatoms. The molecule has 1 aromatic heterocycles. The molecule has 0 aliphatic rings. The van der Waals surface area contributed by atoms with Gasteiger partial charge in [-0.3, -0.25) is 0 Å². The minimum absolute atomic E-state index is 0.196. The summed E-state index contributed by atoms with van der Waals surface area (Å²) < 4.78 is 24.4. The zero-order valence-electron chi connectivity index (χ0n) is 12.5. The quantitative estimate of drug-likeness (QED) is 0.795. The van der Waals surface area contributed by atoms with Crippen LogP contribution in [0.5, 0.6) is 5.75 Å². The van der Waals surface area contributed by atoms with Crippen molar-refractivity contribution >= 4 is 0 Å². The molecule has 5 nitrogen and oxygen atoms in total. The number of aromatic nitrogens is 2. The molecule has 0 bridgehead atoms. The molecular weight excluding hydrogens is 273 g/mol. The van der Waals surface area contributed by atoms with Gasteiger partial charge in [0.25, 0.3) is 5.89 Å². The van der Waals surface area contributed by atoms with Crippen LogP contribution in [0.2, 0.25) is 0 Å². The minimum Gasteiger partial charge on any atom is -0.497 e. The molecule has 114 valence electrons. The van der Waals surface area contributed by atoms with Crippen LogP contribution in [0, 0.1) is 5.82 Å². The van der Waals surface area contributed by atoms with Crippen LogP contribution >= 0.6 is 0 Å². The molecule has 0 atom stereocenters. The lowest BCUT2D eigenvalue weighted by atomic mass is 10.2. The van der Waals surface area contributed by atoms with Crippen molar-refractivity contribution in [3.63, 3.8) is 0 Å². The molecule has 2 aromatic rings. The Morgan fingerprint density at radius 3 is 2.81 bits per heavy atom. The summed E-state index contributed by atoms with van der Waals surface area (Å²) in [6.07, 6.45) is 1.56. The number of benzene rings is 1. The number of nitrogens with one attached hydrogen (secondary N) is 1. The van der Waals surface area contributed by atoms with Gasteiger partial charge in [-0.1, -0.05) is 13.8 Å². The van der Waals surface area contributed by atoms with E-state index in [1.54, 1.807) is 12.1 Å². The Morgan fingerprint density at radius 1 is 1.33 bits per heavy atom. The molecule has 0 unspecified atom stereocenters. The average Bonchev–Trinajstić information content (AvgIpc) is 2.91. The first-order valence-corrected chi connectivity index (χ1v) is 7.00. The van der Waals surface area contributed by atoms with Crippen LogP contribution in [0.1, 0.15) is 26.2 Å². The Morgan fingerprint density at radius 2 is 2.14 bits per heavy atom. The monoisotopic (exact) mass is 293 g/mol. The summed E-state index contributed by atoms with van der Waals surface area (Å²) in [5.41, 5.74) is 0.287. The van der Waals surface area contributed by atoms with Crippen molar-refractivity contribution in [1.29, 1.82) is 0 Å². The van der Waals surface area contributed by atoms with Gasteiger partial charge in [-0.2, -0.15) is 0 Å². The number of rotatable bonds is 7. The van der Waals surface area contributed by atoms with Gasteiger partial charge in [0.05, 0.1) is 12.7 Å². The van der Waals surface area contributed by atoms with Gasteiger partial charge in [-0.25, -0.2) is 4.39 Å². The van der Waals surface area contributed by atoms with E-state index in [2.05, 4.69) is 29.4 Å². The van der Waals surface area contributed by atoms with E-state index in [1.165, 1.54) is 13.2 Å². The van der Waals surface area contributed by atoms with E-state index < -0.39 is 5.82 Å². The molecule has 1 N–H and O–H groups in total. The lowest BCUT2D eigenvalue weighted by Gasteiger charge is -2.05. The summed E-state index contributed by atoms with van der Waals surface area (Å²) in [6.45, 7) is 5.07. The second-order valence-corrected chi connectivity index (χ2v) is 5.06. The molecule has 1 aromatic carbocycles. The number of methoxy groups -OCH3 is 1. The summed E-state index contributed by atoms with van der Waals surface area (Å²) >= 11 is 0. The molecule has 0 spiro atoms. The van der Waals surface area contributed by atoms with Gasteiger partial charge in [0.15, 0.2) is 0 Å². The fraction of sp³-hybridized carbons (Fsp3) is 0.467. The van der Waals surface area contributed by atoms with Crippen molar-refractivity contribution in [2.75, 3.05) is 13.7 Å². The van der Waals surface area contributed by atoms with Crippen LogP contribution < -0.4 is 10.1 Å². The number of hydrogen-bond donors (Lipinski definition) is 1. The number of halogens is 1. The van der Waals surface area contributed by atoms with E-state index >= 15 is 0 Å². The van der Waals surface area contributed by atoms with Crippen molar-refractivity contribution < 1.29 is 13.5 Å². The molecule has 0 saturated carbocycles. The highest BCUT2D eigenvalue weighted by molar-refractivity contribution is 5.55. The molecule has 2 rings (SSSR count). The number of ether oxygens (including phenoxy) is 1. The molecule has 0 amide bonds. The van der Waals surface area contributed by atoms with Gasteiger partial charge in [0, 0.05) is 18.5 Å². The van der Waals surface area contributed by atoms with Gasteiger partial charge in [-0.05, 0) is 25.1 Å². The van der Waals surface area contributed by atoms with Crippen LogP contribution in [0.25, 0.3) is 11.5 Å². The molecule has 21 heavy (non-hydrogen) atoms. The molecule has 0 aliphatic heterocycles. The van der Waals surface area contributed by atoms with E-state index in [9.17, 15) is 4.39 Å². The molecule has 0 radical (unpaired) electrons. The van der Waals surface area contributed by atoms with Crippen LogP contribution in [-0.2, 0) is 6.42 Å². The zero-order valence-corrected chi connectivity index (χ0v) is 12.5. The summed E-state index contributed by atoms with van der Waals surface area (Å²) in [6, 6.07) is 4.99. The first-order valence-electron chi connectivity index (χ1n) is 7.00. The van der Waals surface area contributed by atoms with Gasteiger partial charge in [0.2, 0.25) is 5.89 Å².